The molecule has 4 aromatic rings. The van der Waals surface area contributed by atoms with E-state index in [4.69, 9.17) is 11.5 Å². The number of hydrogen-bond acceptors (Lipinski definition) is 6. The van der Waals surface area contributed by atoms with Gasteiger partial charge < -0.3 is 16.8 Å². The summed E-state index contributed by atoms with van der Waals surface area (Å²) in [5.74, 6) is -0.462. The summed E-state index contributed by atoms with van der Waals surface area (Å²) in [6.07, 6.45) is 5.33. The maximum absolute atomic E-state index is 12.3. The highest BCUT2D eigenvalue weighted by molar-refractivity contribution is 5.90. The van der Waals surface area contributed by atoms with Crippen molar-refractivity contribution < 1.29 is 9.59 Å². The summed E-state index contributed by atoms with van der Waals surface area (Å²) in [7, 11) is 0. The summed E-state index contributed by atoms with van der Waals surface area (Å²) < 4.78 is 3.13. The number of carbonyl (C=O) groups is 2. The second-order valence-corrected chi connectivity index (χ2v) is 6.51. The molecule has 0 spiro atoms. The van der Waals surface area contributed by atoms with E-state index in [0.717, 1.165) is 16.7 Å². The Kier molecular flexibility index (Phi) is 4.65. The molecule has 0 unspecified atom stereocenters. The second kappa shape index (κ2) is 7.43. The number of carbonyl (C=O) groups excluding carboxylic acids is 2. The molecule has 0 bridgehead atoms. The van der Waals surface area contributed by atoms with Crippen molar-refractivity contribution in [2.24, 2.45) is 5.73 Å². The van der Waals surface area contributed by atoms with Crippen LogP contribution in [0, 0.1) is 0 Å². The van der Waals surface area contributed by atoms with Gasteiger partial charge in [0.05, 0.1) is 12.6 Å². The van der Waals surface area contributed by atoms with Crippen molar-refractivity contribution in [2.45, 2.75) is 13.0 Å². The van der Waals surface area contributed by atoms with Crippen molar-refractivity contribution in [3.63, 3.8) is 0 Å². The molecule has 0 aliphatic rings. The number of amides is 2. The predicted octanol–water partition coefficient (Wildman–Crippen LogP) is 0.841. The van der Waals surface area contributed by atoms with Gasteiger partial charge in [0.1, 0.15) is 6.54 Å². The van der Waals surface area contributed by atoms with Gasteiger partial charge in [-0.05, 0) is 35.4 Å². The highest BCUT2D eigenvalue weighted by Gasteiger charge is 2.09. The van der Waals surface area contributed by atoms with Crippen LogP contribution in [0.2, 0.25) is 0 Å². The first-order valence-electron chi connectivity index (χ1n) is 8.78. The Hall–Kier alpha value is -4.21. The van der Waals surface area contributed by atoms with Gasteiger partial charge in [-0.15, -0.1) is 5.10 Å². The number of nitrogens with one attached hydrogen (secondary N) is 1. The monoisotopic (exact) mass is 390 g/mol. The van der Waals surface area contributed by atoms with Crippen LogP contribution in [0.1, 0.15) is 5.56 Å². The lowest BCUT2D eigenvalue weighted by Crippen LogP contribution is -2.19. The highest BCUT2D eigenvalue weighted by atomic mass is 16.2. The average molecular weight is 390 g/mol. The van der Waals surface area contributed by atoms with Gasteiger partial charge in [0.25, 0.3) is 0 Å². The minimum atomic E-state index is -0.426. The minimum absolute atomic E-state index is 0.0418. The van der Waals surface area contributed by atoms with Crippen LogP contribution in [0.5, 0.6) is 0 Å². The van der Waals surface area contributed by atoms with Gasteiger partial charge in [-0.3, -0.25) is 14.3 Å². The van der Waals surface area contributed by atoms with E-state index in [2.05, 4.69) is 20.5 Å². The molecular formula is C19H18N8O2. The van der Waals surface area contributed by atoms with Crippen molar-refractivity contribution in [3.8, 4) is 11.1 Å². The molecule has 5 N–H and O–H groups in total. The van der Waals surface area contributed by atoms with Gasteiger partial charge in [-0.2, -0.15) is 10.1 Å². The molecule has 146 valence electrons. The van der Waals surface area contributed by atoms with E-state index in [1.807, 2.05) is 12.1 Å². The van der Waals surface area contributed by atoms with Gasteiger partial charge >= 0.3 is 0 Å². The van der Waals surface area contributed by atoms with E-state index >= 15 is 0 Å². The zero-order valence-electron chi connectivity index (χ0n) is 15.3. The van der Waals surface area contributed by atoms with E-state index in [-0.39, 0.29) is 24.8 Å². The third-order valence-corrected chi connectivity index (χ3v) is 4.22. The second-order valence-electron chi connectivity index (χ2n) is 6.51. The van der Waals surface area contributed by atoms with Gasteiger partial charge in [-0.1, -0.05) is 12.1 Å². The van der Waals surface area contributed by atoms with E-state index in [1.165, 1.54) is 0 Å². The van der Waals surface area contributed by atoms with Gasteiger partial charge in [0.15, 0.2) is 5.65 Å². The zero-order valence-corrected chi connectivity index (χ0v) is 15.3. The quantitative estimate of drug-likeness (QED) is 0.445. The SMILES string of the molecule is NC(=O)Cc1cccc(NC(=O)Cn2cc(-c3ccn4nc(N)nc4c3)cn2)c1. The molecule has 1 aromatic carbocycles. The average Bonchev–Trinajstić information content (AvgIpc) is 3.26. The topological polar surface area (TPSA) is 146 Å². The molecule has 0 radical (unpaired) electrons. The van der Waals surface area contributed by atoms with Gasteiger partial charge in [-0.25, -0.2) is 4.52 Å². The number of benzene rings is 1. The maximum Gasteiger partial charge on any atom is 0.246 e. The fourth-order valence-electron chi connectivity index (χ4n) is 2.99. The molecule has 0 fully saturated rings. The number of aromatic nitrogens is 5. The molecule has 3 aromatic heterocycles. The molecule has 0 aliphatic heterocycles. The zero-order chi connectivity index (χ0) is 20.4. The molecule has 0 saturated carbocycles. The Labute approximate surface area is 165 Å². The number of hydrogen-bond donors (Lipinski definition) is 3. The third-order valence-electron chi connectivity index (χ3n) is 4.22. The Balaban J connectivity index is 1.44. The summed E-state index contributed by atoms with van der Waals surface area (Å²) in [5, 5.41) is 11.1. The van der Waals surface area contributed by atoms with E-state index < -0.39 is 5.91 Å². The van der Waals surface area contributed by atoms with Crippen LogP contribution < -0.4 is 16.8 Å². The largest absolute Gasteiger partial charge is 0.369 e. The van der Waals surface area contributed by atoms with Crippen molar-refractivity contribution in [1.29, 1.82) is 0 Å². The molecule has 0 saturated heterocycles. The molecule has 4 rings (SSSR count). The lowest BCUT2D eigenvalue weighted by Gasteiger charge is -2.07. The smallest absolute Gasteiger partial charge is 0.246 e. The number of primary amides is 1. The molecule has 0 aliphatic carbocycles. The van der Waals surface area contributed by atoms with Crippen molar-refractivity contribution in [2.75, 3.05) is 11.1 Å². The number of pyridine rings is 1. The number of nitrogen functional groups attached to an aromatic ring is 1. The van der Waals surface area contributed by atoms with E-state index in [9.17, 15) is 9.59 Å². The van der Waals surface area contributed by atoms with Crippen molar-refractivity contribution in [3.05, 3.63) is 60.6 Å². The van der Waals surface area contributed by atoms with Crippen molar-refractivity contribution in [1.82, 2.24) is 24.4 Å². The first kappa shape index (κ1) is 18.2. The fourth-order valence-corrected chi connectivity index (χ4v) is 2.99. The maximum atomic E-state index is 12.3. The molecule has 29 heavy (non-hydrogen) atoms. The normalized spacial score (nSPS) is 10.9. The van der Waals surface area contributed by atoms with Gasteiger partial charge in [0, 0.05) is 23.6 Å². The highest BCUT2D eigenvalue weighted by Crippen LogP contribution is 2.20. The summed E-state index contributed by atoms with van der Waals surface area (Å²) in [4.78, 5) is 27.5. The summed E-state index contributed by atoms with van der Waals surface area (Å²) >= 11 is 0. The lowest BCUT2D eigenvalue weighted by molar-refractivity contribution is -0.118. The Bertz CT molecular complexity index is 1210. The Morgan fingerprint density at radius 3 is 2.83 bits per heavy atom. The van der Waals surface area contributed by atoms with Crippen LogP contribution in [0.4, 0.5) is 11.6 Å². The van der Waals surface area contributed by atoms with Crippen LogP contribution in [-0.2, 0) is 22.6 Å². The first-order valence-corrected chi connectivity index (χ1v) is 8.78. The number of fused-ring (bicyclic) bond motifs is 1. The molecule has 0 atom stereocenters. The summed E-state index contributed by atoms with van der Waals surface area (Å²) in [6.45, 7) is 0.0418. The Morgan fingerprint density at radius 2 is 2.00 bits per heavy atom. The lowest BCUT2D eigenvalue weighted by atomic mass is 10.1. The van der Waals surface area contributed by atoms with Crippen molar-refractivity contribution >= 4 is 29.1 Å². The Morgan fingerprint density at radius 1 is 1.14 bits per heavy atom. The van der Waals surface area contributed by atoms with Crippen LogP contribution in [-0.4, -0.2) is 36.2 Å². The van der Waals surface area contributed by atoms with Crippen LogP contribution in [0.15, 0.2) is 55.0 Å². The van der Waals surface area contributed by atoms with Crippen LogP contribution >= 0.6 is 0 Å². The molecule has 2 amide bonds. The molecule has 3 heterocycles. The van der Waals surface area contributed by atoms with Gasteiger partial charge in [0.2, 0.25) is 17.8 Å². The predicted molar refractivity (Wildman–Crippen MR) is 107 cm³/mol. The molecule has 10 heteroatoms. The fraction of sp³-hybridized carbons (Fsp3) is 0.105. The standard InChI is InChI=1S/C19H18N8O2/c20-16(28)7-12-2-1-3-15(6-12)23-18(29)11-26-10-14(9-22-26)13-4-5-27-17(8-13)24-19(21)25-27/h1-6,8-10H,7,11H2,(H2,20,28)(H2,21,25)(H,23,29). The van der Waals surface area contributed by atoms with E-state index in [0.29, 0.717) is 11.3 Å². The van der Waals surface area contributed by atoms with Crippen LogP contribution in [0.3, 0.4) is 0 Å². The summed E-state index contributed by atoms with van der Waals surface area (Å²) in [6, 6.07) is 10.7. The number of rotatable bonds is 6. The van der Waals surface area contributed by atoms with E-state index in [1.54, 1.807) is 52.1 Å². The third kappa shape index (κ3) is 4.21. The minimum Gasteiger partial charge on any atom is -0.369 e. The number of nitrogens with two attached hydrogens (primary N) is 2. The molecular weight excluding hydrogens is 372 g/mol. The van der Waals surface area contributed by atoms with Crippen LogP contribution in [0.25, 0.3) is 16.8 Å². The summed E-state index contributed by atoms with van der Waals surface area (Å²) in [5.41, 5.74) is 14.5. The number of anilines is 2. The molecule has 10 nitrogen and oxygen atoms in total. The first-order chi connectivity index (χ1) is 14.0. The number of nitrogens with zero attached hydrogens (tertiary/aromatic N) is 5.